The van der Waals surface area contributed by atoms with E-state index in [0.717, 1.165) is 29.7 Å². The van der Waals surface area contributed by atoms with Crippen molar-refractivity contribution in [3.05, 3.63) is 47.4 Å². The lowest BCUT2D eigenvalue weighted by Crippen LogP contribution is -2.25. The number of nitrogens with two attached hydrogens (primary N) is 2. The van der Waals surface area contributed by atoms with Crippen molar-refractivity contribution in [3.63, 3.8) is 0 Å². The Balaban J connectivity index is 2.20. The first-order valence-electron chi connectivity index (χ1n) is 7.40. The number of benzene rings is 1. The van der Waals surface area contributed by atoms with Crippen LogP contribution in [0.3, 0.4) is 0 Å². The molecule has 0 atom stereocenters. The molecule has 2 aromatic rings. The lowest BCUT2D eigenvalue weighted by Gasteiger charge is -2.03. The lowest BCUT2D eigenvalue weighted by atomic mass is 10.2. The van der Waals surface area contributed by atoms with Gasteiger partial charge in [-0.1, -0.05) is 17.4 Å². The Morgan fingerprint density at radius 2 is 2.12 bits per heavy atom. The molecule has 5 N–H and O–H groups in total. The number of carbonyl (C=O) groups is 1. The van der Waals surface area contributed by atoms with E-state index in [1.807, 2.05) is 0 Å². The maximum atomic E-state index is 13.9. The van der Waals surface area contributed by atoms with E-state index in [1.165, 1.54) is 19.4 Å². The first-order valence-corrected chi connectivity index (χ1v) is 8.22. The molecular weight excluding hydrogens is 364 g/mol. The molecule has 26 heavy (non-hydrogen) atoms. The highest BCUT2D eigenvalue weighted by Crippen LogP contribution is 2.33. The highest BCUT2D eigenvalue weighted by molar-refractivity contribution is 7.19. The zero-order valence-electron chi connectivity index (χ0n) is 13.8. The summed E-state index contributed by atoms with van der Waals surface area (Å²) in [4.78, 5) is 20.3. The molecule has 0 unspecified atom stereocenters. The number of hydrogen-bond donors (Lipinski definition) is 3. The maximum Gasteiger partial charge on any atom is 0.277 e. The third-order valence-electron chi connectivity index (χ3n) is 3.14. The zero-order chi connectivity index (χ0) is 19.1. The summed E-state index contributed by atoms with van der Waals surface area (Å²) in [5, 5.41) is 2.47. The highest BCUT2D eigenvalue weighted by atomic mass is 32.1. The monoisotopic (exact) mass is 381 g/mol. The van der Waals surface area contributed by atoms with Crippen molar-refractivity contribution in [3.8, 4) is 10.6 Å². The van der Waals surface area contributed by atoms with Crippen LogP contribution in [0.4, 0.5) is 13.8 Å². The van der Waals surface area contributed by atoms with Crippen LogP contribution in [-0.4, -0.2) is 37.4 Å². The predicted octanol–water partition coefficient (Wildman–Crippen LogP) is 1.92. The molecule has 0 spiro atoms. The summed E-state index contributed by atoms with van der Waals surface area (Å²) < 4.78 is 32.6. The van der Waals surface area contributed by atoms with Crippen LogP contribution in [0.2, 0.25) is 0 Å². The minimum atomic E-state index is -0.793. The van der Waals surface area contributed by atoms with Crippen LogP contribution in [0, 0.1) is 11.6 Å². The normalized spacial score (nSPS) is 11.9. The molecule has 1 heterocycles. The quantitative estimate of drug-likeness (QED) is 0.501. The fraction of sp³-hybridized carbons (Fsp3) is 0.188. The largest absolute Gasteiger partial charge is 0.403 e. The molecule has 138 valence electrons. The van der Waals surface area contributed by atoms with E-state index in [1.54, 1.807) is 0 Å². The molecule has 0 aliphatic carbocycles. The van der Waals surface area contributed by atoms with Crippen molar-refractivity contribution in [1.82, 2.24) is 10.3 Å². The zero-order valence-corrected chi connectivity index (χ0v) is 14.6. The summed E-state index contributed by atoms with van der Waals surface area (Å²) in [6.45, 7) is 0.804. The summed E-state index contributed by atoms with van der Waals surface area (Å²) in [5.74, 6) is -2.26. The van der Waals surface area contributed by atoms with Crippen LogP contribution in [0.15, 0.2) is 35.1 Å². The smallest absolute Gasteiger partial charge is 0.277 e. The third kappa shape index (κ3) is 4.61. The number of hydrogen-bond acceptors (Lipinski definition) is 7. The predicted molar refractivity (Wildman–Crippen MR) is 96.9 cm³/mol. The SMILES string of the molecule is COCCN=CC(=CN)NC(=O)c1nc(-c2c(F)cccc2F)sc1N. The molecule has 0 saturated heterocycles. The molecule has 2 rings (SSSR count). The number of aromatic nitrogens is 1. The van der Waals surface area contributed by atoms with Crippen LogP contribution in [0.25, 0.3) is 10.6 Å². The molecule has 0 fully saturated rings. The number of thiazole rings is 1. The summed E-state index contributed by atoms with van der Waals surface area (Å²) in [6, 6.07) is 3.43. The molecule has 1 aromatic carbocycles. The fourth-order valence-electron chi connectivity index (χ4n) is 1.92. The molecule has 0 aliphatic heterocycles. The average molecular weight is 381 g/mol. The molecule has 1 aromatic heterocycles. The van der Waals surface area contributed by atoms with Gasteiger partial charge in [0.25, 0.3) is 5.91 Å². The number of nitrogen functional groups attached to an aromatic ring is 1. The first kappa shape index (κ1) is 19.5. The van der Waals surface area contributed by atoms with Crippen molar-refractivity contribution in [1.29, 1.82) is 0 Å². The second-order valence-corrected chi connectivity index (χ2v) is 5.96. The van der Waals surface area contributed by atoms with E-state index in [-0.39, 0.29) is 27.0 Å². The number of aliphatic imine (C=N–C) groups is 1. The molecule has 0 bridgehead atoms. The van der Waals surface area contributed by atoms with Crippen LogP contribution >= 0.6 is 11.3 Å². The molecule has 0 saturated carbocycles. The highest BCUT2D eigenvalue weighted by Gasteiger charge is 2.21. The number of allylic oxidation sites excluding steroid dienone is 1. The Labute approximate surface area is 152 Å². The number of halogens is 2. The number of nitrogens with zero attached hydrogens (tertiary/aromatic N) is 2. The Hall–Kier alpha value is -2.85. The molecule has 1 amide bonds. The molecule has 0 radical (unpaired) electrons. The van der Waals surface area contributed by atoms with E-state index < -0.39 is 17.5 Å². The van der Waals surface area contributed by atoms with Crippen LogP contribution in [0.5, 0.6) is 0 Å². The molecule has 10 heteroatoms. The maximum absolute atomic E-state index is 13.9. The Morgan fingerprint density at radius 3 is 2.73 bits per heavy atom. The number of amides is 1. The summed E-state index contributed by atoms with van der Waals surface area (Å²) in [6.07, 6.45) is 2.51. The second kappa shape index (κ2) is 9.02. The van der Waals surface area contributed by atoms with Crippen molar-refractivity contribution < 1.29 is 18.3 Å². The summed E-state index contributed by atoms with van der Waals surface area (Å²) in [5.41, 5.74) is 11.0. The minimum absolute atomic E-state index is 0.0212. The van der Waals surface area contributed by atoms with Crippen molar-refractivity contribution in [2.24, 2.45) is 10.7 Å². The van der Waals surface area contributed by atoms with E-state index in [9.17, 15) is 13.6 Å². The van der Waals surface area contributed by atoms with Crippen molar-refractivity contribution in [2.45, 2.75) is 0 Å². The molecule has 7 nitrogen and oxygen atoms in total. The van der Waals surface area contributed by atoms with Gasteiger partial charge in [0.1, 0.15) is 21.6 Å². The van der Waals surface area contributed by atoms with Gasteiger partial charge in [0.2, 0.25) is 0 Å². The minimum Gasteiger partial charge on any atom is -0.403 e. The lowest BCUT2D eigenvalue weighted by molar-refractivity contribution is 0.0964. The second-order valence-electron chi connectivity index (χ2n) is 4.93. The van der Waals surface area contributed by atoms with Gasteiger partial charge in [-0.15, -0.1) is 0 Å². The van der Waals surface area contributed by atoms with Gasteiger partial charge in [0.15, 0.2) is 5.69 Å². The van der Waals surface area contributed by atoms with E-state index >= 15 is 0 Å². The average Bonchev–Trinajstić information content (AvgIpc) is 2.98. The van der Waals surface area contributed by atoms with E-state index in [2.05, 4.69) is 15.3 Å². The van der Waals surface area contributed by atoms with Gasteiger partial charge in [0, 0.05) is 19.5 Å². The number of ether oxygens (including phenoxy) is 1. The van der Waals surface area contributed by atoms with Crippen molar-refractivity contribution in [2.75, 3.05) is 26.0 Å². The molecular formula is C16H17F2N5O2S. The molecule has 0 aliphatic rings. The van der Waals surface area contributed by atoms with Crippen molar-refractivity contribution >= 4 is 28.5 Å². The van der Waals surface area contributed by atoms with Gasteiger partial charge in [-0.25, -0.2) is 13.8 Å². The number of anilines is 1. The fourth-order valence-corrected chi connectivity index (χ4v) is 2.80. The van der Waals surface area contributed by atoms with Crippen LogP contribution in [-0.2, 0) is 4.74 Å². The van der Waals surface area contributed by atoms with Gasteiger partial charge in [-0.2, -0.15) is 0 Å². The van der Waals surface area contributed by atoms with Gasteiger partial charge in [-0.3, -0.25) is 9.79 Å². The topological polar surface area (TPSA) is 116 Å². The van der Waals surface area contributed by atoms with Gasteiger partial charge < -0.3 is 21.5 Å². The van der Waals surface area contributed by atoms with E-state index in [4.69, 9.17) is 16.2 Å². The summed E-state index contributed by atoms with van der Waals surface area (Å²) in [7, 11) is 1.54. The summed E-state index contributed by atoms with van der Waals surface area (Å²) >= 11 is 0.808. The Kier molecular flexibility index (Phi) is 6.75. The van der Waals surface area contributed by atoms with Crippen LogP contribution in [0.1, 0.15) is 10.5 Å². The van der Waals surface area contributed by atoms with E-state index in [0.29, 0.717) is 13.2 Å². The number of carbonyl (C=O) groups excluding carboxylic acids is 1. The van der Waals surface area contributed by atoms with Gasteiger partial charge in [-0.05, 0) is 12.1 Å². The van der Waals surface area contributed by atoms with Crippen LogP contribution < -0.4 is 16.8 Å². The standard InChI is InChI=1S/C16H17F2N5O2S/c1-25-6-5-21-8-9(7-19)22-15(24)13-14(20)26-16(23-13)12-10(17)3-2-4-11(12)18/h2-4,7-8H,5-6,19-20H2,1H3,(H,22,24). The van der Waals surface area contributed by atoms with Gasteiger partial charge in [0.05, 0.1) is 24.4 Å². The first-order chi connectivity index (χ1) is 12.5. The Bertz CT molecular complexity index is 831. The number of methoxy groups -OCH3 is 1. The number of rotatable bonds is 7. The number of nitrogens with one attached hydrogen (secondary N) is 1. The third-order valence-corrected chi connectivity index (χ3v) is 4.04. The Morgan fingerprint density at radius 1 is 1.42 bits per heavy atom. The van der Waals surface area contributed by atoms with Gasteiger partial charge >= 0.3 is 0 Å².